The summed E-state index contributed by atoms with van der Waals surface area (Å²) in [7, 11) is 0. The number of nitrogens with zero attached hydrogens (tertiary/aromatic N) is 2. The summed E-state index contributed by atoms with van der Waals surface area (Å²) in [6.07, 6.45) is 4.02. The summed E-state index contributed by atoms with van der Waals surface area (Å²) in [4.78, 5) is 18.2. The maximum absolute atomic E-state index is 11.8. The number of aromatic nitrogens is 1. The molecule has 5 heteroatoms. The van der Waals surface area contributed by atoms with Crippen molar-refractivity contribution in [3.05, 3.63) is 24.0 Å². The lowest BCUT2D eigenvalue weighted by atomic mass is 10.2. The van der Waals surface area contributed by atoms with E-state index in [2.05, 4.69) is 22.1 Å². The van der Waals surface area contributed by atoms with Gasteiger partial charge in [0.2, 0.25) is 0 Å². The first-order chi connectivity index (χ1) is 8.66. The molecule has 1 amide bonds. The van der Waals surface area contributed by atoms with Gasteiger partial charge in [-0.3, -0.25) is 9.69 Å². The van der Waals surface area contributed by atoms with Crippen LogP contribution in [-0.2, 0) is 0 Å². The Kier molecular flexibility index (Phi) is 4.15. The van der Waals surface area contributed by atoms with Gasteiger partial charge in [0.25, 0.3) is 5.91 Å². The largest absolute Gasteiger partial charge is 0.397 e. The number of nitrogens with one attached hydrogen (secondary N) is 1. The van der Waals surface area contributed by atoms with Crippen LogP contribution in [0.15, 0.2) is 18.3 Å². The van der Waals surface area contributed by atoms with Crippen LogP contribution in [0.1, 0.15) is 30.3 Å². The Morgan fingerprint density at radius 3 is 2.83 bits per heavy atom. The van der Waals surface area contributed by atoms with Crippen LogP contribution in [-0.4, -0.2) is 41.5 Å². The zero-order valence-corrected chi connectivity index (χ0v) is 10.7. The highest BCUT2D eigenvalue weighted by atomic mass is 16.1. The monoisotopic (exact) mass is 248 g/mol. The van der Waals surface area contributed by atoms with Gasteiger partial charge in [-0.05, 0) is 45.0 Å². The van der Waals surface area contributed by atoms with Crippen LogP contribution in [0.25, 0.3) is 0 Å². The van der Waals surface area contributed by atoms with Crippen molar-refractivity contribution in [2.24, 2.45) is 0 Å². The molecule has 1 aromatic heterocycles. The maximum Gasteiger partial charge on any atom is 0.269 e. The SMILES string of the molecule is CC(CNC(=O)c1ccc(N)cn1)N1CCCC1. The van der Waals surface area contributed by atoms with E-state index >= 15 is 0 Å². The zero-order valence-electron chi connectivity index (χ0n) is 10.7. The number of hydrogen-bond donors (Lipinski definition) is 2. The van der Waals surface area contributed by atoms with Crippen LogP contribution in [0, 0.1) is 0 Å². The molecule has 0 bridgehead atoms. The number of nitrogens with two attached hydrogens (primary N) is 1. The highest BCUT2D eigenvalue weighted by Crippen LogP contribution is 2.10. The van der Waals surface area contributed by atoms with Gasteiger partial charge in [-0.15, -0.1) is 0 Å². The predicted octanol–water partition coefficient (Wildman–Crippen LogP) is 0.878. The van der Waals surface area contributed by atoms with Gasteiger partial charge in [0.15, 0.2) is 0 Å². The van der Waals surface area contributed by atoms with E-state index in [9.17, 15) is 4.79 Å². The topological polar surface area (TPSA) is 71.2 Å². The Labute approximate surface area is 107 Å². The number of carbonyl (C=O) groups excluding carboxylic acids is 1. The third kappa shape index (κ3) is 3.20. The Balaban J connectivity index is 1.82. The molecule has 2 rings (SSSR count). The van der Waals surface area contributed by atoms with Gasteiger partial charge >= 0.3 is 0 Å². The van der Waals surface area contributed by atoms with Crippen LogP contribution < -0.4 is 11.1 Å². The first-order valence-electron chi connectivity index (χ1n) is 6.40. The fraction of sp³-hybridized carbons (Fsp3) is 0.538. The van der Waals surface area contributed by atoms with Gasteiger partial charge in [-0.2, -0.15) is 0 Å². The lowest BCUT2D eigenvalue weighted by molar-refractivity contribution is 0.0935. The molecule has 18 heavy (non-hydrogen) atoms. The molecule has 3 N–H and O–H groups in total. The van der Waals surface area contributed by atoms with Crippen LogP contribution in [0.4, 0.5) is 5.69 Å². The number of likely N-dealkylation sites (tertiary alicyclic amines) is 1. The molecule has 2 heterocycles. The number of nitrogen functional groups attached to an aromatic ring is 1. The third-order valence-electron chi connectivity index (χ3n) is 3.34. The van der Waals surface area contributed by atoms with Gasteiger partial charge in [-0.25, -0.2) is 4.98 Å². The van der Waals surface area contributed by atoms with Crippen molar-refractivity contribution in [1.82, 2.24) is 15.2 Å². The van der Waals surface area contributed by atoms with E-state index in [1.807, 2.05) is 0 Å². The summed E-state index contributed by atoms with van der Waals surface area (Å²) < 4.78 is 0. The average Bonchev–Trinajstić information content (AvgIpc) is 2.90. The molecule has 0 aromatic carbocycles. The second-order valence-corrected chi connectivity index (χ2v) is 4.78. The molecule has 1 unspecified atom stereocenters. The lowest BCUT2D eigenvalue weighted by Crippen LogP contribution is -2.40. The van der Waals surface area contributed by atoms with Crippen molar-refractivity contribution in [2.45, 2.75) is 25.8 Å². The van der Waals surface area contributed by atoms with E-state index in [1.54, 1.807) is 12.1 Å². The summed E-state index contributed by atoms with van der Waals surface area (Å²) in [5.74, 6) is -0.138. The standard InChI is InChI=1S/C13H20N4O/c1-10(17-6-2-3-7-17)8-16-13(18)12-5-4-11(14)9-15-12/h4-5,9-10H,2-3,6-8,14H2,1H3,(H,16,18). The molecule has 0 saturated carbocycles. The molecule has 1 fully saturated rings. The number of rotatable bonds is 4. The molecule has 1 aliphatic rings. The van der Waals surface area contributed by atoms with Gasteiger partial charge in [0.1, 0.15) is 5.69 Å². The second-order valence-electron chi connectivity index (χ2n) is 4.78. The maximum atomic E-state index is 11.8. The Bertz CT molecular complexity index is 398. The van der Waals surface area contributed by atoms with Crippen molar-refractivity contribution in [1.29, 1.82) is 0 Å². The summed E-state index contributed by atoms with van der Waals surface area (Å²) in [5, 5.41) is 2.91. The van der Waals surface area contributed by atoms with E-state index in [-0.39, 0.29) is 5.91 Å². The van der Waals surface area contributed by atoms with Crippen molar-refractivity contribution < 1.29 is 4.79 Å². The average molecular weight is 248 g/mol. The third-order valence-corrected chi connectivity index (χ3v) is 3.34. The van der Waals surface area contributed by atoms with E-state index in [0.717, 1.165) is 13.1 Å². The second kappa shape index (κ2) is 5.82. The van der Waals surface area contributed by atoms with E-state index in [0.29, 0.717) is 24.0 Å². The Morgan fingerprint density at radius 1 is 1.50 bits per heavy atom. The Hall–Kier alpha value is -1.62. The minimum Gasteiger partial charge on any atom is -0.397 e. The van der Waals surface area contributed by atoms with Crippen molar-refractivity contribution in [3.63, 3.8) is 0 Å². The van der Waals surface area contributed by atoms with Crippen LogP contribution in [0.5, 0.6) is 0 Å². The zero-order chi connectivity index (χ0) is 13.0. The fourth-order valence-electron chi connectivity index (χ4n) is 2.18. The molecule has 1 aliphatic heterocycles. The van der Waals surface area contributed by atoms with Gasteiger partial charge < -0.3 is 11.1 Å². The summed E-state index contributed by atoms with van der Waals surface area (Å²) in [6, 6.07) is 3.71. The molecule has 1 atom stereocenters. The van der Waals surface area contributed by atoms with Crippen LogP contribution >= 0.6 is 0 Å². The fourth-order valence-corrected chi connectivity index (χ4v) is 2.18. The molecule has 0 aliphatic carbocycles. The highest BCUT2D eigenvalue weighted by Gasteiger charge is 2.18. The van der Waals surface area contributed by atoms with E-state index in [4.69, 9.17) is 5.73 Å². The van der Waals surface area contributed by atoms with Crippen molar-refractivity contribution >= 4 is 11.6 Å². The molecule has 5 nitrogen and oxygen atoms in total. The van der Waals surface area contributed by atoms with Crippen LogP contribution in [0.2, 0.25) is 0 Å². The van der Waals surface area contributed by atoms with Crippen LogP contribution in [0.3, 0.4) is 0 Å². The van der Waals surface area contributed by atoms with Gasteiger partial charge in [0, 0.05) is 12.6 Å². The summed E-state index contributed by atoms with van der Waals surface area (Å²) >= 11 is 0. The number of hydrogen-bond acceptors (Lipinski definition) is 4. The minimum atomic E-state index is -0.138. The number of pyridine rings is 1. The quantitative estimate of drug-likeness (QED) is 0.829. The highest BCUT2D eigenvalue weighted by molar-refractivity contribution is 5.92. The first kappa shape index (κ1) is 12.8. The molecule has 1 aromatic rings. The van der Waals surface area contributed by atoms with E-state index in [1.165, 1.54) is 19.0 Å². The molecule has 1 saturated heterocycles. The molecule has 98 valence electrons. The smallest absolute Gasteiger partial charge is 0.269 e. The van der Waals surface area contributed by atoms with Gasteiger partial charge in [-0.1, -0.05) is 0 Å². The Morgan fingerprint density at radius 2 is 2.22 bits per heavy atom. The normalized spacial score (nSPS) is 17.6. The molecular formula is C13H20N4O. The number of amides is 1. The first-order valence-corrected chi connectivity index (χ1v) is 6.40. The van der Waals surface area contributed by atoms with Crippen molar-refractivity contribution in [2.75, 3.05) is 25.4 Å². The lowest BCUT2D eigenvalue weighted by Gasteiger charge is -2.23. The molecule has 0 radical (unpaired) electrons. The molecular weight excluding hydrogens is 228 g/mol. The molecule has 0 spiro atoms. The van der Waals surface area contributed by atoms with Gasteiger partial charge in [0.05, 0.1) is 11.9 Å². The number of carbonyl (C=O) groups is 1. The van der Waals surface area contributed by atoms with E-state index < -0.39 is 0 Å². The predicted molar refractivity (Wildman–Crippen MR) is 71.3 cm³/mol. The summed E-state index contributed by atoms with van der Waals surface area (Å²) in [6.45, 7) is 5.07. The summed E-state index contributed by atoms with van der Waals surface area (Å²) in [5.41, 5.74) is 6.51. The minimum absolute atomic E-state index is 0.138. The number of anilines is 1. The van der Waals surface area contributed by atoms with Crippen molar-refractivity contribution in [3.8, 4) is 0 Å².